The third-order valence-corrected chi connectivity index (χ3v) is 8.15. The average Bonchev–Trinajstić information content (AvgIpc) is 2.75. The maximum atomic E-state index is 12.2. The molecule has 2 amide bonds. The van der Waals surface area contributed by atoms with Crippen LogP contribution in [0.25, 0.3) is 10.8 Å². The summed E-state index contributed by atoms with van der Waals surface area (Å²) in [6.45, 7) is 9.77. The van der Waals surface area contributed by atoms with Crippen molar-refractivity contribution in [1.82, 2.24) is 10.6 Å². The van der Waals surface area contributed by atoms with Crippen LogP contribution in [0, 0.1) is 0 Å². The van der Waals surface area contributed by atoms with Crippen molar-refractivity contribution in [1.29, 1.82) is 0 Å². The molecule has 1 heterocycles. The van der Waals surface area contributed by atoms with Gasteiger partial charge in [0, 0.05) is 14.9 Å². The molecule has 1 fully saturated rings. The topological polar surface area (TPSA) is 176 Å². The summed E-state index contributed by atoms with van der Waals surface area (Å²) in [5, 5.41) is 15.3. The van der Waals surface area contributed by atoms with Crippen molar-refractivity contribution in [2.75, 3.05) is 0 Å². The largest absolute Gasteiger partial charge is 0.481 e. The van der Waals surface area contributed by atoms with Gasteiger partial charge >= 0.3 is 5.97 Å². The maximum Gasteiger partial charge on any atom is 0.305 e. The highest BCUT2D eigenvalue weighted by Gasteiger charge is 2.54. The summed E-state index contributed by atoms with van der Waals surface area (Å²) in [5.41, 5.74) is 5.46. The predicted molar refractivity (Wildman–Crippen MR) is 139 cm³/mol. The number of hydrogen-bond donors (Lipinski definition) is 5. The molecule has 2 atom stereocenters. The summed E-state index contributed by atoms with van der Waals surface area (Å²) in [6, 6.07) is 9.84. The second kappa shape index (κ2) is 11.2. The Morgan fingerprint density at radius 3 is 2.11 bits per heavy atom. The fourth-order valence-electron chi connectivity index (χ4n) is 4.28. The second-order valence-electron chi connectivity index (χ2n) is 9.64. The molecule has 10 nitrogen and oxygen atoms in total. The number of amides is 2. The average molecular weight is 540 g/mol. The van der Waals surface area contributed by atoms with Crippen LogP contribution in [0.15, 0.2) is 47.4 Å². The van der Waals surface area contributed by atoms with Gasteiger partial charge < -0.3 is 21.5 Å². The second-order valence-corrected chi connectivity index (χ2v) is 13.3. The molecule has 36 heavy (non-hydrogen) atoms. The molecule has 0 saturated carbocycles. The lowest BCUT2D eigenvalue weighted by Crippen LogP contribution is -2.68. The first-order valence-electron chi connectivity index (χ1n) is 11.2. The van der Waals surface area contributed by atoms with Crippen molar-refractivity contribution in [3.63, 3.8) is 0 Å². The molecule has 6 N–H and O–H groups in total. The van der Waals surface area contributed by atoms with Gasteiger partial charge in [-0.2, -0.15) is 8.42 Å². The van der Waals surface area contributed by atoms with Gasteiger partial charge in [0.25, 0.3) is 10.1 Å². The first-order chi connectivity index (χ1) is 16.5. The predicted octanol–water partition coefficient (Wildman–Crippen LogP) is 2.17. The monoisotopic (exact) mass is 539 g/mol. The van der Waals surface area contributed by atoms with Gasteiger partial charge in [0.05, 0.1) is 18.5 Å². The van der Waals surface area contributed by atoms with Crippen LogP contribution in [0.3, 0.4) is 0 Å². The SMILES string of the molecule is C[C@@H](NC(=O)[C@@H](N)CC(=O)O)C(=O)NC1C(C)(C)SC1(C)C.O=S(=O)(O)c1cccc2ccccc12. The van der Waals surface area contributed by atoms with Crippen LogP contribution in [-0.4, -0.2) is 63.5 Å². The van der Waals surface area contributed by atoms with Gasteiger partial charge in [-0.05, 0) is 46.1 Å². The molecule has 0 aromatic heterocycles. The number of carbonyl (C=O) groups is 3. The summed E-state index contributed by atoms with van der Waals surface area (Å²) in [7, 11) is -4.13. The minimum atomic E-state index is -4.13. The molecule has 198 valence electrons. The number of thioether (sulfide) groups is 1. The van der Waals surface area contributed by atoms with Gasteiger partial charge in [0.15, 0.2) is 0 Å². The van der Waals surface area contributed by atoms with E-state index in [4.69, 9.17) is 15.4 Å². The van der Waals surface area contributed by atoms with Crippen molar-refractivity contribution in [2.24, 2.45) is 5.73 Å². The summed E-state index contributed by atoms with van der Waals surface area (Å²) < 4.78 is 30.8. The van der Waals surface area contributed by atoms with Crippen molar-refractivity contribution < 1.29 is 32.5 Å². The molecular weight excluding hydrogens is 506 g/mol. The van der Waals surface area contributed by atoms with Crippen LogP contribution in [0.1, 0.15) is 41.0 Å². The van der Waals surface area contributed by atoms with Crippen LogP contribution < -0.4 is 16.4 Å². The maximum absolute atomic E-state index is 12.2. The van der Waals surface area contributed by atoms with Crippen molar-refractivity contribution >= 4 is 50.4 Å². The molecule has 1 aliphatic rings. The van der Waals surface area contributed by atoms with Gasteiger partial charge in [-0.3, -0.25) is 18.9 Å². The van der Waals surface area contributed by atoms with Gasteiger partial charge in [-0.15, -0.1) is 11.8 Å². The minimum absolute atomic E-state index is 0.00968. The van der Waals surface area contributed by atoms with Crippen LogP contribution in [0.5, 0.6) is 0 Å². The Hall–Kier alpha value is -2.67. The Labute approximate surface area is 215 Å². The van der Waals surface area contributed by atoms with Crippen LogP contribution in [0.4, 0.5) is 0 Å². The quantitative estimate of drug-likeness (QED) is 0.330. The van der Waals surface area contributed by atoms with E-state index in [1.165, 1.54) is 6.07 Å². The zero-order valence-electron chi connectivity index (χ0n) is 20.8. The molecule has 12 heteroatoms. The summed E-state index contributed by atoms with van der Waals surface area (Å²) in [6.07, 6.45) is -0.473. The van der Waals surface area contributed by atoms with Crippen molar-refractivity contribution in [3.05, 3.63) is 42.5 Å². The number of rotatable bonds is 7. The Morgan fingerprint density at radius 1 is 1.03 bits per heavy atom. The Morgan fingerprint density at radius 2 is 1.58 bits per heavy atom. The van der Waals surface area contributed by atoms with Gasteiger partial charge in [-0.1, -0.05) is 36.4 Å². The number of nitrogens with one attached hydrogen (secondary N) is 2. The molecule has 1 aliphatic heterocycles. The molecule has 3 rings (SSSR count). The number of carbonyl (C=O) groups excluding carboxylic acids is 2. The highest BCUT2D eigenvalue weighted by molar-refractivity contribution is 8.03. The van der Waals surface area contributed by atoms with Crippen molar-refractivity contribution in [2.45, 2.75) is 73.6 Å². The number of hydrogen-bond acceptors (Lipinski definition) is 7. The fraction of sp³-hybridized carbons (Fsp3) is 0.458. The molecule has 2 aromatic rings. The van der Waals surface area contributed by atoms with Crippen LogP contribution >= 0.6 is 11.8 Å². The van der Waals surface area contributed by atoms with E-state index >= 15 is 0 Å². The molecule has 0 radical (unpaired) electrons. The highest BCUT2D eigenvalue weighted by Crippen LogP contribution is 2.54. The van der Waals surface area contributed by atoms with Crippen LogP contribution in [-0.2, 0) is 24.5 Å². The molecule has 2 aromatic carbocycles. The van der Waals surface area contributed by atoms with E-state index in [0.29, 0.717) is 5.39 Å². The summed E-state index contributed by atoms with van der Waals surface area (Å²) >= 11 is 1.79. The number of fused-ring (bicyclic) bond motifs is 1. The Kier molecular flexibility index (Phi) is 9.16. The zero-order chi connectivity index (χ0) is 27.5. The van der Waals surface area contributed by atoms with E-state index in [9.17, 15) is 22.8 Å². The molecule has 0 aliphatic carbocycles. The highest BCUT2D eigenvalue weighted by atomic mass is 32.2. The Bertz CT molecular complexity index is 1230. The summed E-state index contributed by atoms with van der Waals surface area (Å²) in [5.74, 6) is -2.11. The van der Waals surface area contributed by atoms with Crippen molar-refractivity contribution in [3.8, 4) is 0 Å². The van der Waals surface area contributed by atoms with E-state index in [1.807, 2.05) is 6.07 Å². The Balaban J connectivity index is 0.000000278. The van der Waals surface area contributed by atoms with E-state index in [-0.39, 0.29) is 26.3 Å². The first kappa shape index (κ1) is 29.6. The summed E-state index contributed by atoms with van der Waals surface area (Å²) in [4.78, 5) is 34.4. The van der Waals surface area contributed by atoms with E-state index in [0.717, 1.165) is 5.39 Å². The lowest BCUT2D eigenvalue weighted by atomic mass is 9.89. The number of carboxylic acid groups (broad SMARTS) is 1. The van der Waals surface area contributed by atoms with Gasteiger partial charge in [-0.25, -0.2) is 0 Å². The van der Waals surface area contributed by atoms with E-state index in [1.54, 1.807) is 49.0 Å². The first-order valence-corrected chi connectivity index (χ1v) is 13.4. The molecule has 0 spiro atoms. The lowest BCUT2D eigenvalue weighted by molar-refractivity contribution is -0.139. The normalized spacial score (nSPS) is 18.1. The standard InChI is InChI=1S/C14H25N3O4S.C10H8O3S/c1-7(16-11(21)8(15)6-9(18)19)10(20)17-12-13(2,3)22-14(12,4)5;11-14(12,13)10-7-3-5-8-4-1-2-6-9(8)10/h7-8,12H,6,15H2,1-5H3,(H,16,21)(H,17,20)(H,18,19);1-7H,(H,11,12,13)/t7-,8+;/m1./s1. The molecular formula is C24H33N3O7S2. The number of aliphatic carboxylic acids is 1. The number of benzene rings is 2. The molecule has 0 bridgehead atoms. The minimum Gasteiger partial charge on any atom is -0.481 e. The third kappa shape index (κ3) is 7.42. The lowest BCUT2D eigenvalue weighted by Gasteiger charge is -2.57. The van der Waals surface area contributed by atoms with Crippen LogP contribution in [0.2, 0.25) is 0 Å². The van der Waals surface area contributed by atoms with E-state index in [2.05, 4.69) is 38.3 Å². The number of nitrogens with two attached hydrogens (primary N) is 1. The smallest absolute Gasteiger partial charge is 0.305 e. The van der Waals surface area contributed by atoms with Gasteiger partial charge in [0.2, 0.25) is 11.8 Å². The van der Waals surface area contributed by atoms with E-state index < -0.39 is 40.5 Å². The molecule has 0 unspecified atom stereocenters. The zero-order valence-corrected chi connectivity index (χ0v) is 22.4. The third-order valence-electron chi connectivity index (χ3n) is 5.71. The van der Waals surface area contributed by atoms with Gasteiger partial charge in [0.1, 0.15) is 10.9 Å². The molecule has 1 saturated heterocycles. The number of carboxylic acids is 1. The fourth-order valence-corrected chi connectivity index (χ4v) is 7.10.